The highest BCUT2D eigenvalue weighted by molar-refractivity contribution is 8.00. The van der Waals surface area contributed by atoms with Crippen molar-refractivity contribution in [3.05, 3.63) is 64.5 Å². The summed E-state index contributed by atoms with van der Waals surface area (Å²) in [5, 5.41) is 14.5. The molecule has 0 unspecified atom stereocenters. The summed E-state index contributed by atoms with van der Waals surface area (Å²) in [5.74, 6) is 0.628. The van der Waals surface area contributed by atoms with Gasteiger partial charge in [0.25, 0.3) is 5.91 Å². The second-order valence-electron chi connectivity index (χ2n) is 5.08. The monoisotopic (exact) mass is 384 g/mol. The van der Waals surface area contributed by atoms with Crippen molar-refractivity contribution in [2.45, 2.75) is 10.1 Å². The zero-order valence-corrected chi connectivity index (χ0v) is 15.3. The molecule has 0 aliphatic rings. The number of benzene rings is 1. The van der Waals surface area contributed by atoms with Gasteiger partial charge in [0.1, 0.15) is 0 Å². The van der Waals surface area contributed by atoms with Gasteiger partial charge in [-0.25, -0.2) is 0 Å². The van der Waals surface area contributed by atoms with Gasteiger partial charge >= 0.3 is 0 Å². The number of rotatable bonds is 5. The van der Waals surface area contributed by atoms with E-state index in [9.17, 15) is 4.79 Å². The summed E-state index contributed by atoms with van der Waals surface area (Å²) >= 11 is 4.71. The molecule has 0 spiro atoms. The minimum Gasteiger partial charge on any atom is -0.296 e. The SMILES string of the molecule is O=C(Nc1nnc(SCc2cccs2)s1)c1cccc2cccnc12. The number of amides is 1. The Hall–Kier alpha value is -2.29. The average Bonchev–Trinajstić information content (AvgIpc) is 3.31. The second-order valence-corrected chi connectivity index (χ2v) is 8.31. The lowest BCUT2D eigenvalue weighted by Gasteiger charge is -2.04. The third-order valence-corrected chi connectivity index (χ3v) is 6.50. The van der Waals surface area contributed by atoms with Crippen LogP contribution in [0.5, 0.6) is 0 Å². The number of carbonyl (C=O) groups excluding carboxylic acids is 1. The minimum absolute atomic E-state index is 0.227. The molecule has 1 amide bonds. The molecule has 8 heteroatoms. The number of nitrogens with one attached hydrogen (secondary N) is 1. The number of pyridine rings is 1. The number of carbonyl (C=O) groups is 1. The van der Waals surface area contributed by atoms with Crippen LogP contribution in [0.1, 0.15) is 15.2 Å². The average molecular weight is 385 g/mol. The van der Waals surface area contributed by atoms with Gasteiger partial charge in [-0.15, -0.1) is 21.5 Å². The summed E-state index contributed by atoms with van der Waals surface area (Å²) in [6.45, 7) is 0. The first-order chi connectivity index (χ1) is 12.3. The van der Waals surface area contributed by atoms with E-state index in [-0.39, 0.29) is 5.91 Å². The maximum Gasteiger partial charge on any atom is 0.259 e. The van der Waals surface area contributed by atoms with Crippen LogP contribution < -0.4 is 5.32 Å². The third-order valence-electron chi connectivity index (χ3n) is 3.42. The van der Waals surface area contributed by atoms with Crippen LogP contribution in [0.15, 0.2) is 58.4 Å². The quantitative estimate of drug-likeness (QED) is 0.399. The van der Waals surface area contributed by atoms with Crippen molar-refractivity contribution in [2.24, 2.45) is 0 Å². The molecule has 0 radical (unpaired) electrons. The molecule has 4 rings (SSSR count). The predicted octanol–water partition coefficient (Wildman–Crippen LogP) is 4.69. The number of nitrogens with zero attached hydrogens (tertiary/aromatic N) is 3. The normalized spacial score (nSPS) is 10.9. The Kier molecular flexibility index (Phi) is 4.73. The Morgan fingerprint density at radius 2 is 2.04 bits per heavy atom. The molecule has 0 fully saturated rings. The molecule has 124 valence electrons. The maximum absolute atomic E-state index is 12.6. The van der Waals surface area contributed by atoms with Crippen LogP contribution in [-0.2, 0) is 5.75 Å². The lowest BCUT2D eigenvalue weighted by molar-refractivity contribution is 0.102. The standard InChI is InChI=1S/C17H12N4OS3/c22-15(13-7-1-4-11-5-2-8-18-14(11)13)19-16-20-21-17(25-16)24-10-12-6-3-9-23-12/h1-9H,10H2,(H,19,20,22). The molecule has 0 atom stereocenters. The van der Waals surface area contributed by atoms with E-state index in [0.29, 0.717) is 16.2 Å². The van der Waals surface area contributed by atoms with Gasteiger partial charge in [0.05, 0.1) is 11.1 Å². The fourth-order valence-electron chi connectivity index (χ4n) is 2.30. The van der Waals surface area contributed by atoms with E-state index in [1.807, 2.05) is 30.3 Å². The van der Waals surface area contributed by atoms with E-state index in [4.69, 9.17) is 0 Å². The minimum atomic E-state index is -0.227. The highest BCUT2D eigenvalue weighted by atomic mass is 32.2. The summed E-state index contributed by atoms with van der Waals surface area (Å²) in [6.07, 6.45) is 1.68. The van der Waals surface area contributed by atoms with Gasteiger partial charge in [0, 0.05) is 22.2 Å². The molecule has 0 bridgehead atoms. The number of thioether (sulfide) groups is 1. The van der Waals surface area contributed by atoms with Crippen molar-refractivity contribution in [3.63, 3.8) is 0 Å². The van der Waals surface area contributed by atoms with Crippen LogP contribution in [0.2, 0.25) is 0 Å². The third kappa shape index (κ3) is 3.71. The molecular weight excluding hydrogens is 372 g/mol. The molecule has 3 heterocycles. The van der Waals surface area contributed by atoms with Crippen LogP contribution in [0, 0.1) is 0 Å². The first-order valence-corrected chi connectivity index (χ1v) is 10.1. The van der Waals surface area contributed by atoms with Crippen molar-refractivity contribution < 1.29 is 4.79 Å². The van der Waals surface area contributed by atoms with Gasteiger partial charge < -0.3 is 0 Å². The van der Waals surface area contributed by atoms with Crippen molar-refractivity contribution in [1.82, 2.24) is 15.2 Å². The number of hydrogen-bond donors (Lipinski definition) is 1. The van der Waals surface area contributed by atoms with Crippen LogP contribution >= 0.6 is 34.4 Å². The van der Waals surface area contributed by atoms with E-state index in [1.165, 1.54) is 16.2 Å². The van der Waals surface area contributed by atoms with Gasteiger partial charge in [-0.2, -0.15) is 0 Å². The molecular formula is C17H12N4OS3. The Labute approximate surface area is 156 Å². The van der Waals surface area contributed by atoms with Gasteiger partial charge in [-0.3, -0.25) is 15.1 Å². The Morgan fingerprint density at radius 1 is 1.12 bits per heavy atom. The van der Waals surface area contributed by atoms with E-state index in [2.05, 4.69) is 31.9 Å². The van der Waals surface area contributed by atoms with Crippen LogP contribution in [0.25, 0.3) is 10.9 Å². The van der Waals surface area contributed by atoms with Crippen molar-refractivity contribution in [2.75, 3.05) is 5.32 Å². The molecule has 3 aromatic heterocycles. The highest BCUT2D eigenvalue weighted by Gasteiger charge is 2.14. The smallest absolute Gasteiger partial charge is 0.259 e. The van der Waals surface area contributed by atoms with Gasteiger partial charge in [0.2, 0.25) is 5.13 Å². The topological polar surface area (TPSA) is 67.8 Å². The molecule has 5 nitrogen and oxygen atoms in total. The Morgan fingerprint density at radius 3 is 2.92 bits per heavy atom. The van der Waals surface area contributed by atoms with E-state index >= 15 is 0 Å². The summed E-state index contributed by atoms with van der Waals surface area (Å²) in [6, 6.07) is 13.5. The predicted molar refractivity (Wildman–Crippen MR) is 103 cm³/mol. The fraction of sp³-hybridized carbons (Fsp3) is 0.0588. The summed E-state index contributed by atoms with van der Waals surface area (Å²) in [5.41, 5.74) is 1.21. The number of aromatic nitrogens is 3. The van der Waals surface area contributed by atoms with Crippen molar-refractivity contribution in [1.29, 1.82) is 0 Å². The largest absolute Gasteiger partial charge is 0.296 e. The van der Waals surface area contributed by atoms with E-state index in [0.717, 1.165) is 15.5 Å². The maximum atomic E-state index is 12.6. The Bertz CT molecular complexity index is 1010. The van der Waals surface area contributed by atoms with Gasteiger partial charge in [-0.05, 0) is 23.6 Å². The number of thiophene rings is 1. The molecule has 0 saturated heterocycles. The molecule has 0 aliphatic heterocycles. The Balaban J connectivity index is 1.47. The highest BCUT2D eigenvalue weighted by Crippen LogP contribution is 2.30. The van der Waals surface area contributed by atoms with E-state index in [1.54, 1.807) is 35.4 Å². The number of para-hydroxylation sites is 1. The zero-order valence-electron chi connectivity index (χ0n) is 12.9. The fourth-order valence-corrected chi connectivity index (χ4v) is 4.82. The van der Waals surface area contributed by atoms with Gasteiger partial charge in [0.15, 0.2) is 4.34 Å². The molecule has 0 saturated carbocycles. The van der Waals surface area contributed by atoms with Crippen LogP contribution in [0.3, 0.4) is 0 Å². The first-order valence-electron chi connectivity index (χ1n) is 7.43. The van der Waals surface area contributed by atoms with E-state index < -0.39 is 0 Å². The number of anilines is 1. The molecule has 1 aromatic carbocycles. The van der Waals surface area contributed by atoms with Gasteiger partial charge in [-0.1, -0.05) is 47.4 Å². The second kappa shape index (κ2) is 7.30. The molecule has 4 aromatic rings. The van der Waals surface area contributed by atoms with Crippen LogP contribution in [0.4, 0.5) is 5.13 Å². The first kappa shape index (κ1) is 16.2. The molecule has 1 N–H and O–H groups in total. The lowest BCUT2D eigenvalue weighted by Crippen LogP contribution is -2.12. The lowest BCUT2D eigenvalue weighted by atomic mass is 10.1. The molecule has 0 aliphatic carbocycles. The van der Waals surface area contributed by atoms with Crippen molar-refractivity contribution in [3.8, 4) is 0 Å². The van der Waals surface area contributed by atoms with Crippen molar-refractivity contribution >= 4 is 56.4 Å². The van der Waals surface area contributed by atoms with Crippen LogP contribution in [-0.4, -0.2) is 21.1 Å². The summed E-state index contributed by atoms with van der Waals surface area (Å²) < 4.78 is 0.833. The number of hydrogen-bond acceptors (Lipinski definition) is 7. The number of fused-ring (bicyclic) bond motifs is 1. The molecule has 25 heavy (non-hydrogen) atoms. The summed E-state index contributed by atoms with van der Waals surface area (Å²) in [4.78, 5) is 18.2. The zero-order chi connectivity index (χ0) is 17.1. The summed E-state index contributed by atoms with van der Waals surface area (Å²) in [7, 11) is 0.